The monoisotopic (exact) mass is 392 g/mol. The van der Waals surface area contributed by atoms with Crippen LogP contribution in [0.2, 0.25) is 0 Å². The first-order valence-electron chi connectivity index (χ1n) is 10.1. The molecule has 2 aliphatic heterocycles. The Kier molecular flexibility index (Phi) is 4.72. The van der Waals surface area contributed by atoms with E-state index in [4.69, 9.17) is 4.98 Å². The Morgan fingerprint density at radius 1 is 1.11 bits per heavy atom. The van der Waals surface area contributed by atoms with E-state index in [2.05, 4.69) is 28.1 Å². The third-order valence-electron chi connectivity index (χ3n) is 5.94. The summed E-state index contributed by atoms with van der Waals surface area (Å²) in [5.74, 6) is 0.534. The molecule has 6 heteroatoms. The number of carbonyl (C=O) groups is 1. The number of amides is 1. The highest BCUT2D eigenvalue weighted by Gasteiger charge is 2.28. The third-order valence-corrected chi connectivity index (χ3v) is 7.26. The Balaban J connectivity index is 1.20. The second-order valence-electron chi connectivity index (χ2n) is 7.64. The number of hydrogen-bond donors (Lipinski definition) is 0. The lowest BCUT2D eigenvalue weighted by Crippen LogP contribution is -2.38. The summed E-state index contributed by atoms with van der Waals surface area (Å²) in [4.78, 5) is 27.7. The number of aromatic nitrogens is 2. The van der Waals surface area contributed by atoms with Gasteiger partial charge in [0.25, 0.3) is 5.91 Å². The molecule has 144 valence electrons. The maximum Gasteiger partial charge on any atom is 0.272 e. The fourth-order valence-electron chi connectivity index (χ4n) is 4.19. The number of rotatable bonds is 3. The van der Waals surface area contributed by atoms with Crippen LogP contribution in [-0.4, -0.2) is 51.9 Å². The molecular weight excluding hydrogens is 368 g/mol. The van der Waals surface area contributed by atoms with Gasteiger partial charge in [0, 0.05) is 61.7 Å². The molecule has 1 aliphatic carbocycles. The molecule has 0 atom stereocenters. The van der Waals surface area contributed by atoms with Crippen molar-refractivity contribution in [3.8, 4) is 0 Å². The Hall–Kier alpha value is -2.47. The summed E-state index contributed by atoms with van der Waals surface area (Å²) >= 11 is 1.91. The van der Waals surface area contributed by atoms with Gasteiger partial charge in [-0.15, -0.1) is 11.3 Å². The van der Waals surface area contributed by atoms with Gasteiger partial charge in [0.15, 0.2) is 0 Å². The average Bonchev–Trinajstić information content (AvgIpc) is 3.02. The summed E-state index contributed by atoms with van der Waals surface area (Å²) in [5.41, 5.74) is 3.21. The molecule has 0 bridgehead atoms. The van der Waals surface area contributed by atoms with Gasteiger partial charge in [0.1, 0.15) is 5.69 Å². The number of carbonyl (C=O) groups excluding carboxylic acids is 1. The van der Waals surface area contributed by atoms with Crippen molar-refractivity contribution in [3.63, 3.8) is 0 Å². The number of nitrogens with zero attached hydrogens (tertiary/aromatic N) is 4. The molecule has 0 saturated carbocycles. The number of thiazole rings is 1. The number of hydrogen-bond acceptors (Lipinski definition) is 5. The second-order valence-corrected chi connectivity index (χ2v) is 8.76. The Morgan fingerprint density at radius 3 is 2.64 bits per heavy atom. The van der Waals surface area contributed by atoms with Gasteiger partial charge >= 0.3 is 0 Å². The van der Waals surface area contributed by atoms with E-state index in [1.165, 1.54) is 21.3 Å². The average molecular weight is 393 g/mol. The molecule has 0 aromatic carbocycles. The standard InChI is InChI=1S/C22H24N4OS/c27-22(19-6-1-2-11-23-19)26-12-7-16(8-13-26)21-24-18-9-14-25(17-4-3-5-17)15-10-20(18)28-21/h1-6,11,16H,7-10,12-15H2. The van der Waals surface area contributed by atoms with E-state index in [-0.39, 0.29) is 5.91 Å². The van der Waals surface area contributed by atoms with Crippen LogP contribution in [0.1, 0.15) is 44.8 Å². The maximum absolute atomic E-state index is 12.6. The lowest BCUT2D eigenvalue weighted by molar-refractivity contribution is 0.0707. The van der Waals surface area contributed by atoms with Crippen LogP contribution in [-0.2, 0) is 12.8 Å². The zero-order valence-electron chi connectivity index (χ0n) is 15.9. The third kappa shape index (κ3) is 3.37. The van der Waals surface area contributed by atoms with Crippen LogP contribution in [0.3, 0.4) is 0 Å². The molecule has 0 spiro atoms. The van der Waals surface area contributed by atoms with Crippen molar-refractivity contribution < 1.29 is 4.79 Å². The van der Waals surface area contributed by atoms with E-state index >= 15 is 0 Å². The van der Waals surface area contributed by atoms with E-state index in [0.29, 0.717) is 11.6 Å². The Morgan fingerprint density at radius 2 is 1.93 bits per heavy atom. The van der Waals surface area contributed by atoms with Gasteiger partial charge in [-0.25, -0.2) is 4.98 Å². The number of fused-ring (bicyclic) bond motifs is 1. The molecule has 0 radical (unpaired) electrons. The van der Waals surface area contributed by atoms with Crippen LogP contribution in [0.15, 0.2) is 48.3 Å². The lowest BCUT2D eigenvalue weighted by atomic mass is 9.97. The summed E-state index contributed by atoms with van der Waals surface area (Å²) in [7, 11) is 0. The maximum atomic E-state index is 12.6. The highest BCUT2D eigenvalue weighted by molar-refractivity contribution is 7.11. The van der Waals surface area contributed by atoms with Gasteiger partial charge in [-0.2, -0.15) is 0 Å². The van der Waals surface area contributed by atoms with Crippen LogP contribution in [0.4, 0.5) is 0 Å². The lowest BCUT2D eigenvalue weighted by Gasteiger charge is -2.31. The summed E-state index contributed by atoms with van der Waals surface area (Å²) in [5, 5.41) is 1.28. The van der Waals surface area contributed by atoms with Crippen LogP contribution in [0, 0.1) is 0 Å². The topological polar surface area (TPSA) is 49.3 Å². The molecule has 28 heavy (non-hydrogen) atoms. The van der Waals surface area contributed by atoms with E-state index in [0.717, 1.165) is 51.9 Å². The number of likely N-dealkylation sites (tertiary alicyclic amines) is 1. The van der Waals surface area contributed by atoms with Crippen LogP contribution in [0.25, 0.3) is 0 Å². The molecule has 1 fully saturated rings. The normalized spacial score (nSPS) is 19.6. The minimum absolute atomic E-state index is 0.0495. The summed E-state index contributed by atoms with van der Waals surface area (Å²) in [6, 6.07) is 5.51. The van der Waals surface area contributed by atoms with Crippen molar-refractivity contribution in [2.75, 3.05) is 26.2 Å². The summed E-state index contributed by atoms with van der Waals surface area (Å²) in [6.45, 7) is 3.72. The minimum Gasteiger partial charge on any atom is -0.371 e. The van der Waals surface area contributed by atoms with Crippen LogP contribution < -0.4 is 0 Å². The Bertz CT molecular complexity index is 900. The van der Waals surface area contributed by atoms with Crippen molar-refractivity contribution in [2.24, 2.45) is 0 Å². The number of piperidine rings is 1. The molecule has 3 aliphatic rings. The smallest absolute Gasteiger partial charge is 0.272 e. The SMILES string of the molecule is O=C(c1ccccn1)N1CCC(c2nc3c(s2)CCN(C2=CC=C2)CC3)CC1. The molecule has 1 amide bonds. The highest BCUT2D eigenvalue weighted by atomic mass is 32.1. The fourth-order valence-corrected chi connectivity index (χ4v) is 5.46. The van der Waals surface area contributed by atoms with Gasteiger partial charge in [0.2, 0.25) is 0 Å². The predicted molar refractivity (Wildman–Crippen MR) is 110 cm³/mol. The van der Waals surface area contributed by atoms with E-state index < -0.39 is 0 Å². The largest absolute Gasteiger partial charge is 0.371 e. The van der Waals surface area contributed by atoms with E-state index in [1.807, 2.05) is 28.4 Å². The highest BCUT2D eigenvalue weighted by Crippen LogP contribution is 2.34. The van der Waals surface area contributed by atoms with E-state index in [9.17, 15) is 4.79 Å². The first kappa shape index (κ1) is 17.6. The molecule has 0 unspecified atom stereocenters. The van der Waals surface area contributed by atoms with Crippen LogP contribution >= 0.6 is 11.3 Å². The molecule has 2 aromatic heterocycles. The molecule has 0 N–H and O–H groups in total. The molecular formula is C22H24N4OS. The zero-order chi connectivity index (χ0) is 18.9. The van der Waals surface area contributed by atoms with Gasteiger partial charge in [0.05, 0.1) is 10.7 Å². The van der Waals surface area contributed by atoms with Gasteiger partial charge < -0.3 is 9.80 Å². The minimum atomic E-state index is 0.0495. The molecule has 5 rings (SSSR count). The van der Waals surface area contributed by atoms with Crippen molar-refractivity contribution in [2.45, 2.75) is 31.6 Å². The molecule has 2 aromatic rings. The van der Waals surface area contributed by atoms with E-state index in [1.54, 1.807) is 12.3 Å². The molecule has 4 heterocycles. The first-order chi connectivity index (χ1) is 13.8. The van der Waals surface area contributed by atoms with Crippen molar-refractivity contribution >= 4 is 17.2 Å². The predicted octanol–water partition coefficient (Wildman–Crippen LogP) is 3.41. The quantitative estimate of drug-likeness (QED) is 0.803. The summed E-state index contributed by atoms with van der Waals surface area (Å²) in [6.07, 6.45) is 12.3. The zero-order valence-corrected chi connectivity index (χ0v) is 16.7. The molecule has 5 nitrogen and oxygen atoms in total. The van der Waals surface area contributed by atoms with Gasteiger partial charge in [-0.05, 0) is 37.1 Å². The first-order valence-corrected chi connectivity index (χ1v) is 10.9. The number of pyridine rings is 1. The summed E-state index contributed by atoms with van der Waals surface area (Å²) < 4.78 is 0. The molecule has 1 saturated heterocycles. The van der Waals surface area contributed by atoms with Crippen molar-refractivity contribution in [1.82, 2.24) is 19.8 Å². The van der Waals surface area contributed by atoms with Gasteiger partial charge in [-0.3, -0.25) is 9.78 Å². The van der Waals surface area contributed by atoms with Gasteiger partial charge in [-0.1, -0.05) is 12.1 Å². The fraction of sp³-hybridized carbons (Fsp3) is 0.409. The van der Waals surface area contributed by atoms with Crippen molar-refractivity contribution in [1.29, 1.82) is 0 Å². The number of allylic oxidation sites excluding steroid dienone is 3. The Labute approximate surface area is 169 Å². The van der Waals surface area contributed by atoms with Crippen molar-refractivity contribution in [3.05, 3.63) is 69.6 Å². The van der Waals surface area contributed by atoms with Crippen LogP contribution in [0.5, 0.6) is 0 Å². The second kappa shape index (κ2) is 7.51.